The summed E-state index contributed by atoms with van der Waals surface area (Å²) in [5.74, 6) is 0.531. The monoisotopic (exact) mass is 235 g/mol. The lowest BCUT2D eigenvalue weighted by Crippen LogP contribution is -2.35. The molecule has 94 valence electrons. The average molecular weight is 235 g/mol. The molecule has 0 radical (unpaired) electrons. The molecule has 3 atom stereocenters. The summed E-state index contributed by atoms with van der Waals surface area (Å²) in [7, 11) is 1.91. The zero-order valence-corrected chi connectivity index (χ0v) is 10.3. The molecule has 0 amide bonds. The Hall–Kier alpha value is -1.06. The van der Waals surface area contributed by atoms with E-state index >= 15 is 0 Å². The van der Waals surface area contributed by atoms with Crippen LogP contribution in [0.3, 0.4) is 0 Å². The van der Waals surface area contributed by atoms with Gasteiger partial charge in [-0.3, -0.25) is 0 Å². The van der Waals surface area contributed by atoms with Crippen molar-refractivity contribution in [3.8, 4) is 5.75 Å². The first-order valence-electron chi connectivity index (χ1n) is 6.36. The largest absolute Gasteiger partial charge is 0.508 e. The predicted octanol–water partition coefficient (Wildman–Crippen LogP) is 2.20. The molecule has 0 aromatic heterocycles. The van der Waals surface area contributed by atoms with Crippen molar-refractivity contribution in [2.45, 2.75) is 37.8 Å². The standard InChI is InChI=1S/C14H21NO2/c1-15-14(10-5-4-6-11(16)9-10)12-7-2-3-8-13(12)17/h4-6,9,12-17H,2-3,7-8H2,1H3/t12-,13+,14-/m1/s1. The molecule has 0 heterocycles. The van der Waals surface area contributed by atoms with Crippen LogP contribution in [0.1, 0.15) is 37.3 Å². The van der Waals surface area contributed by atoms with E-state index in [-0.39, 0.29) is 23.8 Å². The minimum atomic E-state index is -0.233. The summed E-state index contributed by atoms with van der Waals surface area (Å²) in [4.78, 5) is 0. The van der Waals surface area contributed by atoms with E-state index in [1.807, 2.05) is 19.2 Å². The molecule has 0 spiro atoms. The Kier molecular flexibility index (Phi) is 4.02. The lowest BCUT2D eigenvalue weighted by molar-refractivity contribution is 0.0494. The SMILES string of the molecule is CN[C@H](c1cccc(O)c1)[C@@H]1CCCC[C@@H]1O. The number of hydrogen-bond acceptors (Lipinski definition) is 3. The Bertz CT molecular complexity index is 367. The third-order valence-corrected chi connectivity index (χ3v) is 3.75. The minimum Gasteiger partial charge on any atom is -0.508 e. The van der Waals surface area contributed by atoms with Crippen LogP contribution < -0.4 is 5.32 Å². The smallest absolute Gasteiger partial charge is 0.115 e. The Morgan fingerprint density at radius 3 is 2.71 bits per heavy atom. The van der Waals surface area contributed by atoms with Crippen LogP contribution in [0.5, 0.6) is 5.75 Å². The van der Waals surface area contributed by atoms with Crippen LogP contribution in [0.15, 0.2) is 24.3 Å². The van der Waals surface area contributed by atoms with Crippen molar-refractivity contribution >= 4 is 0 Å². The van der Waals surface area contributed by atoms with Gasteiger partial charge in [-0.05, 0) is 37.6 Å². The van der Waals surface area contributed by atoms with Gasteiger partial charge in [0.2, 0.25) is 0 Å². The molecule has 0 bridgehead atoms. The van der Waals surface area contributed by atoms with Crippen LogP contribution in [0.4, 0.5) is 0 Å². The maximum atomic E-state index is 10.1. The molecular weight excluding hydrogens is 214 g/mol. The number of aliphatic hydroxyl groups excluding tert-OH is 1. The Labute approximate surface area is 102 Å². The maximum Gasteiger partial charge on any atom is 0.115 e. The number of aliphatic hydroxyl groups is 1. The summed E-state index contributed by atoms with van der Waals surface area (Å²) < 4.78 is 0. The van der Waals surface area contributed by atoms with Crippen molar-refractivity contribution in [2.75, 3.05) is 7.05 Å². The highest BCUT2D eigenvalue weighted by atomic mass is 16.3. The number of aromatic hydroxyl groups is 1. The molecule has 1 aliphatic carbocycles. The summed E-state index contributed by atoms with van der Waals surface area (Å²) in [6.45, 7) is 0. The molecule has 3 nitrogen and oxygen atoms in total. The van der Waals surface area contributed by atoms with E-state index in [4.69, 9.17) is 0 Å². The van der Waals surface area contributed by atoms with Gasteiger partial charge in [0.25, 0.3) is 0 Å². The van der Waals surface area contributed by atoms with E-state index in [0.29, 0.717) is 0 Å². The number of phenolic OH excluding ortho intramolecular Hbond substituents is 1. The first-order chi connectivity index (χ1) is 8.22. The number of hydrogen-bond donors (Lipinski definition) is 3. The van der Waals surface area contributed by atoms with Crippen molar-refractivity contribution < 1.29 is 10.2 Å². The molecule has 1 aliphatic rings. The van der Waals surface area contributed by atoms with Gasteiger partial charge in [0.1, 0.15) is 5.75 Å². The fourth-order valence-corrected chi connectivity index (χ4v) is 2.87. The molecule has 2 rings (SSSR count). The van der Waals surface area contributed by atoms with E-state index in [2.05, 4.69) is 5.32 Å². The third-order valence-electron chi connectivity index (χ3n) is 3.75. The maximum absolute atomic E-state index is 10.1. The number of benzene rings is 1. The van der Waals surface area contributed by atoms with Gasteiger partial charge in [-0.2, -0.15) is 0 Å². The van der Waals surface area contributed by atoms with Gasteiger partial charge >= 0.3 is 0 Å². The fourth-order valence-electron chi connectivity index (χ4n) is 2.87. The topological polar surface area (TPSA) is 52.5 Å². The van der Waals surface area contributed by atoms with Crippen molar-refractivity contribution in [2.24, 2.45) is 5.92 Å². The van der Waals surface area contributed by atoms with E-state index in [9.17, 15) is 10.2 Å². The second-order valence-electron chi connectivity index (χ2n) is 4.88. The fraction of sp³-hybridized carbons (Fsp3) is 0.571. The van der Waals surface area contributed by atoms with E-state index in [1.165, 1.54) is 6.42 Å². The highest BCUT2D eigenvalue weighted by Gasteiger charge is 2.30. The molecule has 3 heteroatoms. The molecule has 0 saturated heterocycles. The number of rotatable bonds is 3. The number of phenols is 1. The van der Waals surface area contributed by atoms with Gasteiger partial charge in [-0.15, -0.1) is 0 Å². The molecule has 1 aromatic carbocycles. The molecule has 1 aromatic rings. The Morgan fingerprint density at radius 2 is 2.06 bits per heavy atom. The van der Waals surface area contributed by atoms with Gasteiger partial charge in [0, 0.05) is 12.0 Å². The Morgan fingerprint density at radius 1 is 1.29 bits per heavy atom. The lowest BCUT2D eigenvalue weighted by Gasteiger charge is -2.34. The third kappa shape index (κ3) is 2.79. The summed E-state index contributed by atoms with van der Waals surface area (Å²) >= 11 is 0. The van der Waals surface area contributed by atoms with Crippen LogP contribution in [0.2, 0.25) is 0 Å². The van der Waals surface area contributed by atoms with Crippen molar-refractivity contribution in [3.05, 3.63) is 29.8 Å². The van der Waals surface area contributed by atoms with Crippen molar-refractivity contribution in [3.63, 3.8) is 0 Å². The van der Waals surface area contributed by atoms with Crippen LogP contribution >= 0.6 is 0 Å². The molecular formula is C14H21NO2. The number of nitrogens with one attached hydrogen (secondary N) is 1. The molecule has 0 unspecified atom stereocenters. The van der Waals surface area contributed by atoms with E-state index in [1.54, 1.807) is 12.1 Å². The highest BCUT2D eigenvalue weighted by Crippen LogP contribution is 2.35. The lowest BCUT2D eigenvalue weighted by atomic mass is 9.79. The average Bonchev–Trinajstić information content (AvgIpc) is 2.33. The van der Waals surface area contributed by atoms with Gasteiger partial charge in [0.15, 0.2) is 0 Å². The van der Waals surface area contributed by atoms with Gasteiger partial charge in [0.05, 0.1) is 6.10 Å². The van der Waals surface area contributed by atoms with Gasteiger partial charge < -0.3 is 15.5 Å². The molecule has 1 saturated carbocycles. The molecule has 17 heavy (non-hydrogen) atoms. The summed E-state index contributed by atoms with van der Waals surface area (Å²) in [6.07, 6.45) is 4.00. The second kappa shape index (κ2) is 5.52. The highest BCUT2D eigenvalue weighted by molar-refractivity contribution is 5.30. The van der Waals surface area contributed by atoms with Crippen LogP contribution in [0.25, 0.3) is 0 Å². The molecule has 0 aliphatic heterocycles. The quantitative estimate of drug-likeness (QED) is 0.753. The first-order valence-corrected chi connectivity index (χ1v) is 6.36. The minimum absolute atomic E-state index is 0.123. The first kappa shape index (κ1) is 12.4. The van der Waals surface area contributed by atoms with Crippen LogP contribution in [-0.2, 0) is 0 Å². The zero-order valence-electron chi connectivity index (χ0n) is 10.3. The van der Waals surface area contributed by atoms with Crippen LogP contribution in [0, 0.1) is 5.92 Å². The van der Waals surface area contributed by atoms with Crippen LogP contribution in [-0.4, -0.2) is 23.4 Å². The molecule has 3 N–H and O–H groups in total. The zero-order chi connectivity index (χ0) is 12.3. The molecule has 1 fully saturated rings. The second-order valence-corrected chi connectivity index (χ2v) is 4.88. The summed E-state index contributed by atoms with van der Waals surface area (Å²) in [6, 6.07) is 7.43. The summed E-state index contributed by atoms with van der Waals surface area (Å²) in [5.41, 5.74) is 1.05. The normalized spacial score (nSPS) is 26.7. The Balaban J connectivity index is 2.20. The van der Waals surface area contributed by atoms with E-state index in [0.717, 1.165) is 24.8 Å². The van der Waals surface area contributed by atoms with Crippen molar-refractivity contribution in [1.29, 1.82) is 0 Å². The van der Waals surface area contributed by atoms with Crippen molar-refractivity contribution in [1.82, 2.24) is 5.32 Å². The van der Waals surface area contributed by atoms with E-state index < -0.39 is 0 Å². The van der Waals surface area contributed by atoms with Gasteiger partial charge in [-0.1, -0.05) is 25.0 Å². The van der Waals surface area contributed by atoms with Gasteiger partial charge in [-0.25, -0.2) is 0 Å². The summed E-state index contributed by atoms with van der Waals surface area (Å²) in [5, 5.41) is 22.9. The predicted molar refractivity (Wildman–Crippen MR) is 67.9 cm³/mol.